The highest BCUT2D eigenvalue weighted by Crippen LogP contribution is 2.06. The molecule has 0 saturated carbocycles. The van der Waals surface area contributed by atoms with Crippen molar-refractivity contribution in [3.63, 3.8) is 0 Å². The molecule has 1 aromatic rings. The van der Waals surface area contributed by atoms with Gasteiger partial charge in [0.05, 0.1) is 19.8 Å². The zero-order valence-electron chi connectivity index (χ0n) is 9.02. The van der Waals surface area contributed by atoms with Crippen LogP contribution in [-0.2, 0) is 16.1 Å². The van der Waals surface area contributed by atoms with Crippen molar-refractivity contribution in [3.8, 4) is 0 Å². The summed E-state index contributed by atoms with van der Waals surface area (Å²) in [5.74, 6) is -0.511. The lowest BCUT2D eigenvalue weighted by Crippen LogP contribution is -2.30. The summed E-state index contributed by atoms with van der Waals surface area (Å²) < 4.78 is 23.3. The second-order valence-corrected chi connectivity index (χ2v) is 3.27. The van der Waals surface area contributed by atoms with E-state index in [0.717, 1.165) is 6.07 Å². The van der Waals surface area contributed by atoms with Crippen molar-refractivity contribution < 1.29 is 23.9 Å². The molecule has 0 amide bonds. The van der Waals surface area contributed by atoms with Gasteiger partial charge in [0.25, 0.3) is 0 Å². The molecule has 0 spiro atoms. The molecular weight excluding hydrogens is 214 g/mol. The van der Waals surface area contributed by atoms with E-state index in [1.54, 1.807) is 7.11 Å². The number of hydrogen-bond donors (Lipinski definition) is 2. The van der Waals surface area contributed by atoms with Crippen LogP contribution in [0.2, 0.25) is 0 Å². The van der Waals surface area contributed by atoms with Crippen molar-refractivity contribution in [3.05, 3.63) is 29.6 Å². The summed E-state index contributed by atoms with van der Waals surface area (Å²) in [6, 6.07) is 4.00. The molecule has 0 saturated heterocycles. The van der Waals surface area contributed by atoms with Crippen LogP contribution in [0.5, 0.6) is 0 Å². The maximum Gasteiger partial charge on any atom is 0.488 e. The molecule has 0 aliphatic carbocycles. The topological polar surface area (TPSA) is 58.9 Å². The fourth-order valence-corrected chi connectivity index (χ4v) is 1.17. The van der Waals surface area contributed by atoms with Crippen LogP contribution in [0.25, 0.3) is 0 Å². The van der Waals surface area contributed by atoms with E-state index >= 15 is 0 Å². The lowest BCUT2D eigenvalue weighted by Gasteiger charge is -2.06. The largest absolute Gasteiger partial charge is 0.488 e. The third kappa shape index (κ3) is 3.90. The second kappa shape index (κ2) is 6.60. The molecule has 16 heavy (non-hydrogen) atoms. The van der Waals surface area contributed by atoms with Gasteiger partial charge in [-0.15, -0.1) is 0 Å². The van der Waals surface area contributed by atoms with Crippen LogP contribution < -0.4 is 5.46 Å². The van der Waals surface area contributed by atoms with Gasteiger partial charge in [-0.2, -0.15) is 0 Å². The van der Waals surface area contributed by atoms with Gasteiger partial charge in [-0.3, -0.25) is 0 Å². The van der Waals surface area contributed by atoms with E-state index in [1.807, 2.05) is 0 Å². The van der Waals surface area contributed by atoms with Crippen LogP contribution in [0.15, 0.2) is 18.2 Å². The normalized spacial score (nSPS) is 10.5. The third-order valence-electron chi connectivity index (χ3n) is 2.06. The number of hydrogen-bond acceptors (Lipinski definition) is 4. The zero-order valence-corrected chi connectivity index (χ0v) is 9.02. The Morgan fingerprint density at radius 2 is 2.06 bits per heavy atom. The molecule has 0 fully saturated rings. The average molecular weight is 228 g/mol. The number of rotatable bonds is 6. The SMILES string of the molecule is COCCOCc1ccc(B(O)O)cc1F. The third-order valence-corrected chi connectivity index (χ3v) is 2.06. The number of benzene rings is 1. The van der Waals surface area contributed by atoms with Crippen LogP contribution >= 0.6 is 0 Å². The molecule has 6 heteroatoms. The molecule has 0 atom stereocenters. The summed E-state index contributed by atoms with van der Waals surface area (Å²) in [4.78, 5) is 0. The number of halogens is 1. The maximum absolute atomic E-state index is 13.4. The van der Waals surface area contributed by atoms with E-state index in [9.17, 15) is 4.39 Å². The summed E-state index contributed by atoms with van der Waals surface area (Å²) in [5, 5.41) is 17.7. The van der Waals surface area contributed by atoms with Crippen LogP contribution in [0.1, 0.15) is 5.56 Å². The highest BCUT2D eigenvalue weighted by atomic mass is 19.1. The van der Waals surface area contributed by atoms with Gasteiger partial charge in [0.1, 0.15) is 5.82 Å². The highest BCUT2D eigenvalue weighted by molar-refractivity contribution is 6.58. The Kier molecular flexibility index (Phi) is 5.41. The van der Waals surface area contributed by atoms with Crippen LogP contribution in [0.3, 0.4) is 0 Å². The first-order valence-corrected chi connectivity index (χ1v) is 4.86. The fraction of sp³-hybridized carbons (Fsp3) is 0.400. The van der Waals surface area contributed by atoms with E-state index in [-0.39, 0.29) is 12.1 Å². The Morgan fingerprint density at radius 3 is 2.62 bits per heavy atom. The number of ether oxygens (including phenoxy) is 2. The van der Waals surface area contributed by atoms with Crippen molar-refractivity contribution in [2.45, 2.75) is 6.61 Å². The molecule has 88 valence electrons. The molecule has 0 radical (unpaired) electrons. The zero-order chi connectivity index (χ0) is 12.0. The van der Waals surface area contributed by atoms with Gasteiger partial charge in [0.2, 0.25) is 0 Å². The highest BCUT2D eigenvalue weighted by Gasteiger charge is 2.13. The Morgan fingerprint density at radius 1 is 1.31 bits per heavy atom. The van der Waals surface area contributed by atoms with Gasteiger partial charge in [0, 0.05) is 12.7 Å². The lowest BCUT2D eigenvalue weighted by molar-refractivity contribution is 0.0604. The molecule has 0 aliphatic rings. The van der Waals surface area contributed by atoms with Gasteiger partial charge < -0.3 is 19.5 Å². The quantitative estimate of drug-likeness (QED) is 0.517. The molecule has 0 aliphatic heterocycles. The van der Waals surface area contributed by atoms with E-state index < -0.39 is 12.9 Å². The molecule has 1 rings (SSSR count). The molecule has 1 aromatic carbocycles. The monoisotopic (exact) mass is 228 g/mol. The summed E-state index contributed by atoms with van der Waals surface area (Å²) in [6.07, 6.45) is 0. The van der Waals surface area contributed by atoms with E-state index in [0.29, 0.717) is 18.8 Å². The van der Waals surface area contributed by atoms with Gasteiger partial charge >= 0.3 is 7.12 Å². The van der Waals surface area contributed by atoms with Crippen molar-refractivity contribution in [2.75, 3.05) is 20.3 Å². The van der Waals surface area contributed by atoms with Crippen molar-refractivity contribution in [1.82, 2.24) is 0 Å². The second-order valence-electron chi connectivity index (χ2n) is 3.27. The molecule has 4 nitrogen and oxygen atoms in total. The number of methoxy groups -OCH3 is 1. The minimum atomic E-state index is -1.65. The summed E-state index contributed by atoms with van der Waals surface area (Å²) in [6.45, 7) is 0.979. The van der Waals surface area contributed by atoms with Gasteiger partial charge in [0.15, 0.2) is 0 Å². The van der Waals surface area contributed by atoms with Gasteiger partial charge in [-0.1, -0.05) is 12.1 Å². The van der Waals surface area contributed by atoms with Crippen LogP contribution in [0, 0.1) is 5.82 Å². The van der Waals surface area contributed by atoms with Gasteiger partial charge in [-0.25, -0.2) is 4.39 Å². The Bertz CT molecular complexity index is 333. The molecule has 2 N–H and O–H groups in total. The first-order valence-electron chi connectivity index (χ1n) is 4.86. The Balaban J connectivity index is 2.54. The van der Waals surface area contributed by atoms with E-state index in [2.05, 4.69) is 0 Å². The smallest absolute Gasteiger partial charge is 0.423 e. The molecule has 0 unspecified atom stereocenters. The predicted octanol–water partition coefficient (Wildman–Crippen LogP) is -0.331. The minimum Gasteiger partial charge on any atom is -0.423 e. The van der Waals surface area contributed by atoms with E-state index in [4.69, 9.17) is 19.5 Å². The summed E-state index contributed by atoms with van der Waals surface area (Å²) in [7, 11) is -0.0977. The predicted molar refractivity (Wildman–Crippen MR) is 57.8 cm³/mol. The average Bonchev–Trinajstić information content (AvgIpc) is 2.26. The van der Waals surface area contributed by atoms with Crippen molar-refractivity contribution >= 4 is 12.6 Å². The molecule has 0 heterocycles. The first kappa shape index (κ1) is 13.1. The molecule has 0 aromatic heterocycles. The van der Waals surface area contributed by atoms with Crippen molar-refractivity contribution in [2.24, 2.45) is 0 Å². The molecular formula is C10H14BFO4. The lowest BCUT2D eigenvalue weighted by atomic mass is 9.80. The standard InChI is InChI=1S/C10H14BFO4/c1-15-4-5-16-7-8-2-3-9(11(13)14)6-10(8)12/h2-3,6,13-14H,4-5,7H2,1H3. The molecule has 0 bridgehead atoms. The van der Waals surface area contributed by atoms with Crippen LogP contribution in [-0.4, -0.2) is 37.5 Å². The first-order chi connectivity index (χ1) is 7.65. The Hall–Kier alpha value is -0.945. The Labute approximate surface area is 93.8 Å². The minimum absolute atomic E-state index is 0.123. The summed E-state index contributed by atoms with van der Waals surface area (Å²) >= 11 is 0. The maximum atomic E-state index is 13.4. The van der Waals surface area contributed by atoms with Crippen LogP contribution in [0.4, 0.5) is 4.39 Å². The van der Waals surface area contributed by atoms with E-state index in [1.165, 1.54) is 12.1 Å². The van der Waals surface area contributed by atoms with Gasteiger partial charge in [-0.05, 0) is 11.5 Å². The van der Waals surface area contributed by atoms with Crippen molar-refractivity contribution in [1.29, 1.82) is 0 Å². The summed E-state index contributed by atoms with van der Waals surface area (Å²) in [5.41, 5.74) is 0.499. The fourth-order valence-electron chi connectivity index (χ4n) is 1.17.